The first-order valence-corrected chi connectivity index (χ1v) is 8.12. The Labute approximate surface area is 132 Å². The highest BCUT2D eigenvalue weighted by molar-refractivity contribution is 9.10. The average molecular weight is 365 g/mol. The Balaban J connectivity index is 1.94. The summed E-state index contributed by atoms with van der Waals surface area (Å²) in [5, 5.41) is 3.63. The van der Waals surface area contributed by atoms with Crippen molar-refractivity contribution in [2.45, 2.75) is 31.7 Å². The van der Waals surface area contributed by atoms with Gasteiger partial charge in [0.25, 0.3) is 5.91 Å². The highest BCUT2D eigenvalue weighted by Gasteiger charge is 2.22. The second-order valence-electron chi connectivity index (χ2n) is 5.00. The van der Waals surface area contributed by atoms with E-state index in [0.717, 1.165) is 36.0 Å². The molecule has 0 spiro atoms. The van der Waals surface area contributed by atoms with E-state index < -0.39 is 0 Å². The minimum absolute atomic E-state index is 0.0578. The molecule has 1 aromatic carbocycles. The first kappa shape index (κ1) is 15.1. The molecule has 0 saturated heterocycles. The lowest BCUT2D eigenvalue weighted by atomic mass is 9.87. The van der Waals surface area contributed by atoms with E-state index in [0.29, 0.717) is 16.5 Å². The molecule has 0 aliphatic heterocycles. The largest absolute Gasteiger partial charge is 0.349 e. The predicted octanol–water partition coefficient (Wildman–Crippen LogP) is 4.63. The molecule has 1 fully saturated rings. The number of hydrogen-bond acceptors (Lipinski definition) is 1. The molecule has 0 aromatic heterocycles. The van der Waals surface area contributed by atoms with Gasteiger partial charge in [0.05, 0.1) is 0 Å². The SMILES string of the molecule is O=C(NC1CCC(CCl)CC1)c1cc(Cl)cc(Br)c1. The van der Waals surface area contributed by atoms with Crippen LogP contribution in [0, 0.1) is 5.92 Å². The number of hydrogen-bond donors (Lipinski definition) is 1. The standard InChI is InChI=1S/C14H16BrCl2NO/c15-11-5-10(6-12(17)7-11)14(19)18-13-3-1-9(8-16)2-4-13/h5-7,9,13H,1-4,8H2,(H,18,19). The van der Waals surface area contributed by atoms with Gasteiger partial charge in [0.2, 0.25) is 0 Å². The molecule has 2 nitrogen and oxygen atoms in total. The topological polar surface area (TPSA) is 29.1 Å². The van der Waals surface area contributed by atoms with Crippen molar-refractivity contribution in [3.8, 4) is 0 Å². The fraction of sp³-hybridized carbons (Fsp3) is 0.500. The molecule has 1 aromatic rings. The normalized spacial score (nSPS) is 23.1. The van der Waals surface area contributed by atoms with Gasteiger partial charge in [-0.05, 0) is 49.8 Å². The lowest BCUT2D eigenvalue weighted by Crippen LogP contribution is -2.37. The van der Waals surface area contributed by atoms with Crippen molar-refractivity contribution in [3.63, 3.8) is 0 Å². The molecule has 0 unspecified atom stereocenters. The van der Waals surface area contributed by atoms with E-state index >= 15 is 0 Å². The monoisotopic (exact) mass is 363 g/mol. The highest BCUT2D eigenvalue weighted by Crippen LogP contribution is 2.26. The lowest BCUT2D eigenvalue weighted by molar-refractivity contribution is 0.0923. The minimum atomic E-state index is -0.0578. The van der Waals surface area contributed by atoms with Crippen LogP contribution in [0.15, 0.2) is 22.7 Å². The van der Waals surface area contributed by atoms with Gasteiger partial charge in [-0.2, -0.15) is 0 Å². The van der Waals surface area contributed by atoms with Gasteiger partial charge in [-0.25, -0.2) is 0 Å². The van der Waals surface area contributed by atoms with Crippen LogP contribution in [0.25, 0.3) is 0 Å². The summed E-state index contributed by atoms with van der Waals surface area (Å²) in [6.45, 7) is 0. The van der Waals surface area contributed by atoms with Crippen LogP contribution in [0.3, 0.4) is 0 Å². The van der Waals surface area contributed by atoms with Crippen LogP contribution < -0.4 is 5.32 Å². The van der Waals surface area contributed by atoms with Crippen LogP contribution in [0.1, 0.15) is 36.0 Å². The molecule has 5 heteroatoms. The zero-order chi connectivity index (χ0) is 13.8. The molecular weight excluding hydrogens is 349 g/mol. The fourth-order valence-electron chi connectivity index (χ4n) is 2.41. The Morgan fingerprint density at radius 2 is 1.95 bits per heavy atom. The van der Waals surface area contributed by atoms with Crippen molar-refractivity contribution in [1.82, 2.24) is 5.32 Å². The summed E-state index contributed by atoms with van der Waals surface area (Å²) in [6.07, 6.45) is 4.19. The summed E-state index contributed by atoms with van der Waals surface area (Å²) in [4.78, 5) is 12.2. The van der Waals surface area contributed by atoms with Crippen LogP contribution in [-0.4, -0.2) is 17.8 Å². The van der Waals surface area contributed by atoms with Crippen LogP contribution in [0.4, 0.5) is 0 Å². The molecule has 2 rings (SSSR count). The van der Waals surface area contributed by atoms with Crippen LogP contribution >= 0.6 is 39.1 Å². The Morgan fingerprint density at radius 3 is 2.53 bits per heavy atom. The Hall–Kier alpha value is -0.250. The van der Waals surface area contributed by atoms with Crippen molar-refractivity contribution in [2.75, 3.05) is 5.88 Å². The Bertz CT molecular complexity index is 439. The quantitative estimate of drug-likeness (QED) is 0.778. The average Bonchev–Trinajstić information content (AvgIpc) is 2.38. The molecular formula is C14H16BrCl2NO. The van der Waals surface area contributed by atoms with E-state index in [1.165, 1.54) is 0 Å². The van der Waals surface area contributed by atoms with Crippen LogP contribution in [0.5, 0.6) is 0 Å². The number of carbonyl (C=O) groups excluding carboxylic acids is 1. The number of rotatable bonds is 3. The molecule has 0 heterocycles. The zero-order valence-electron chi connectivity index (χ0n) is 10.5. The van der Waals surface area contributed by atoms with Crippen molar-refractivity contribution >= 4 is 45.0 Å². The molecule has 0 radical (unpaired) electrons. The maximum Gasteiger partial charge on any atom is 0.251 e. The zero-order valence-corrected chi connectivity index (χ0v) is 13.6. The van der Waals surface area contributed by atoms with E-state index in [1.807, 2.05) is 0 Å². The van der Waals surface area contributed by atoms with Gasteiger partial charge in [0, 0.05) is 27.0 Å². The smallest absolute Gasteiger partial charge is 0.251 e. The molecule has 19 heavy (non-hydrogen) atoms. The lowest BCUT2D eigenvalue weighted by Gasteiger charge is -2.27. The molecule has 0 atom stereocenters. The molecule has 1 N–H and O–H groups in total. The molecule has 0 bridgehead atoms. The summed E-state index contributed by atoms with van der Waals surface area (Å²) in [7, 11) is 0. The fourth-order valence-corrected chi connectivity index (χ4v) is 3.58. The summed E-state index contributed by atoms with van der Waals surface area (Å²) >= 11 is 15.2. The van der Waals surface area contributed by atoms with E-state index in [-0.39, 0.29) is 11.9 Å². The van der Waals surface area contributed by atoms with Gasteiger partial charge in [-0.1, -0.05) is 27.5 Å². The summed E-state index contributed by atoms with van der Waals surface area (Å²) in [6, 6.07) is 5.49. The first-order valence-electron chi connectivity index (χ1n) is 6.41. The Morgan fingerprint density at radius 1 is 1.26 bits per heavy atom. The van der Waals surface area contributed by atoms with Crippen molar-refractivity contribution in [3.05, 3.63) is 33.3 Å². The van der Waals surface area contributed by atoms with Gasteiger partial charge in [0.15, 0.2) is 0 Å². The summed E-state index contributed by atoms with van der Waals surface area (Å²) in [5.41, 5.74) is 0.596. The second kappa shape index (κ2) is 6.96. The summed E-state index contributed by atoms with van der Waals surface area (Å²) < 4.78 is 0.816. The molecule has 1 aliphatic carbocycles. The van der Waals surface area contributed by atoms with E-state index in [9.17, 15) is 4.79 Å². The summed E-state index contributed by atoms with van der Waals surface area (Å²) in [5.74, 6) is 1.27. The number of carbonyl (C=O) groups is 1. The van der Waals surface area contributed by atoms with Crippen molar-refractivity contribution < 1.29 is 4.79 Å². The van der Waals surface area contributed by atoms with Crippen LogP contribution in [0.2, 0.25) is 5.02 Å². The van der Waals surface area contributed by atoms with Crippen molar-refractivity contribution in [1.29, 1.82) is 0 Å². The number of nitrogens with one attached hydrogen (secondary N) is 1. The first-order chi connectivity index (χ1) is 9.08. The minimum Gasteiger partial charge on any atom is -0.349 e. The third-order valence-corrected chi connectivity index (χ3v) is 4.64. The maximum atomic E-state index is 12.2. The molecule has 1 aliphatic rings. The predicted molar refractivity (Wildman–Crippen MR) is 83.1 cm³/mol. The van der Waals surface area contributed by atoms with Gasteiger partial charge < -0.3 is 5.32 Å². The molecule has 1 saturated carbocycles. The third kappa shape index (κ3) is 4.37. The number of halogens is 3. The van der Waals surface area contributed by atoms with E-state index in [1.54, 1.807) is 18.2 Å². The maximum absolute atomic E-state index is 12.2. The third-order valence-electron chi connectivity index (χ3n) is 3.52. The van der Waals surface area contributed by atoms with E-state index in [4.69, 9.17) is 23.2 Å². The van der Waals surface area contributed by atoms with E-state index in [2.05, 4.69) is 21.2 Å². The molecule has 1 amide bonds. The highest BCUT2D eigenvalue weighted by atomic mass is 79.9. The second-order valence-corrected chi connectivity index (χ2v) is 6.66. The Kier molecular flexibility index (Phi) is 5.55. The van der Waals surface area contributed by atoms with Gasteiger partial charge in [-0.3, -0.25) is 4.79 Å². The van der Waals surface area contributed by atoms with Gasteiger partial charge >= 0.3 is 0 Å². The molecule has 104 valence electrons. The van der Waals surface area contributed by atoms with Crippen LogP contribution in [-0.2, 0) is 0 Å². The van der Waals surface area contributed by atoms with Crippen molar-refractivity contribution in [2.24, 2.45) is 5.92 Å². The number of alkyl halides is 1. The van der Waals surface area contributed by atoms with Gasteiger partial charge in [-0.15, -0.1) is 11.6 Å². The van der Waals surface area contributed by atoms with Gasteiger partial charge in [0.1, 0.15) is 0 Å². The number of benzene rings is 1. The number of amides is 1.